The molecule has 1 saturated heterocycles. The summed E-state index contributed by atoms with van der Waals surface area (Å²) in [4.78, 5) is 13.5. The van der Waals surface area contributed by atoms with Gasteiger partial charge < -0.3 is 14.5 Å². The van der Waals surface area contributed by atoms with Gasteiger partial charge in [-0.2, -0.15) is 0 Å². The number of hydrogen-bond acceptors (Lipinski definition) is 5. The summed E-state index contributed by atoms with van der Waals surface area (Å²) in [6.45, 7) is 5.73. The van der Waals surface area contributed by atoms with Gasteiger partial charge in [-0.3, -0.25) is 4.98 Å². The highest BCUT2D eigenvalue weighted by Gasteiger charge is 2.19. The molecule has 2 heterocycles. The van der Waals surface area contributed by atoms with E-state index in [4.69, 9.17) is 16.3 Å². The van der Waals surface area contributed by atoms with Crippen molar-refractivity contribution in [3.8, 4) is 5.75 Å². The first-order valence-electron chi connectivity index (χ1n) is 7.86. The van der Waals surface area contributed by atoms with E-state index in [2.05, 4.69) is 31.9 Å². The van der Waals surface area contributed by atoms with E-state index in [9.17, 15) is 0 Å². The van der Waals surface area contributed by atoms with Gasteiger partial charge in [-0.1, -0.05) is 18.5 Å². The van der Waals surface area contributed by atoms with E-state index in [-0.39, 0.29) is 0 Å². The molecule has 2 aromatic rings. The van der Waals surface area contributed by atoms with Crippen molar-refractivity contribution in [1.29, 1.82) is 0 Å². The summed E-state index contributed by atoms with van der Waals surface area (Å²) in [5.41, 5.74) is 2.07. The second-order valence-electron chi connectivity index (χ2n) is 5.49. The molecule has 0 spiro atoms. The van der Waals surface area contributed by atoms with Crippen LogP contribution in [0.25, 0.3) is 0 Å². The first-order valence-corrected chi connectivity index (χ1v) is 8.24. The van der Waals surface area contributed by atoms with Crippen LogP contribution in [-0.4, -0.2) is 43.3 Å². The Labute approximate surface area is 141 Å². The number of piperazine rings is 1. The van der Waals surface area contributed by atoms with Crippen LogP contribution in [0.5, 0.6) is 5.75 Å². The molecule has 23 heavy (non-hydrogen) atoms. The second kappa shape index (κ2) is 7.04. The molecule has 3 rings (SSSR count). The lowest BCUT2D eigenvalue weighted by Gasteiger charge is -2.36. The van der Waals surface area contributed by atoms with Gasteiger partial charge in [0.1, 0.15) is 11.6 Å². The molecule has 0 atom stereocenters. The van der Waals surface area contributed by atoms with Crippen LogP contribution >= 0.6 is 11.6 Å². The first kappa shape index (κ1) is 15.9. The highest BCUT2D eigenvalue weighted by atomic mass is 35.5. The Hall–Kier alpha value is -2.01. The third kappa shape index (κ3) is 3.50. The van der Waals surface area contributed by atoms with Crippen LogP contribution in [0, 0.1) is 0 Å². The number of anilines is 2. The average molecular weight is 333 g/mol. The van der Waals surface area contributed by atoms with Crippen molar-refractivity contribution >= 4 is 23.1 Å². The third-order valence-electron chi connectivity index (χ3n) is 4.16. The fraction of sp³-hybridized carbons (Fsp3) is 0.412. The third-order valence-corrected chi connectivity index (χ3v) is 4.47. The zero-order chi connectivity index (χ0) is 16.2. The molecule has 0 amide bonds. The van der Waals surface area contributed by atoms with Gasteiger partial charge in [-0.25, -0.2) is 4.98 Å². The maximum absolute atomic E-state index is 6.18. The number of aryl methyl sites for hydroxylation is 1. The number of halogens is 1. The number of nitrogens with zero attached hydrogens (tertiary/aromatic N) is 4. The Kier molecular flexibility index (Phi) is 4.86. The topological polar surface area (TPSA) is 41.5 Å². The van der Waals surface area contributed by atoms with Crippen LogP contribution in [0.1, 0.15) is 12.6 Å². The second-order valence-corrected chi connectivity index (χ2v) is 5.85. The lowest BCUT2D eigenvalue weighted by molar-refractivity contribution is 0.415. The molecule has 1 aliphatic rings. The summed E-state index contributed by atoms with van der Waals surface area (Å²) in [7, 11) is 1.68. The molecule has 1 aromatic heterocycles. The molecular weight excluding hydrogens is 312 g/mol. The fourth-order valence-electron chi connectivity index (χ4n) is 2.76. The van der Waals surface area contributed by atoms with Gasteiger partial charge in [-0.05, 0) is 30.7 Å². The predicted octanol–water partition coefficient (Wildman–Crippen LogP) is 3.03. The van der Waals surface area contributed by atoms with Crippen molar-refractivity contribution in [3.63, 3.8) is 0 Å². The van der Waals surface area contributed by atoms with Crippen molar-refractivity contribution < 1.29 is 4.74 Å². The van der Waals surface area contributed by atoms with Crippen LogP contribution in [0.4, 0.5) is 11.5 Å². The summed E-state index contributed by atoms with van der Waals surface area (Å²) in [5.74, 6) is 1.75. The highest BCUT2D eigenvalue weighted by molar-refractivity contribution is 6.30. The van der Waals surface area contributed by atoms with Crippen molar-refractivity contribution in [1.82, 2.24) is 9.97 Å². The number of hydrogen-bond donors (Lipinski definition) is 0. The highest BCUT2D eigenvalue weighted by Crippen LogP contribution is 2.23. The van der Waals surface area contributed by atoms with E-state index in [1.807, 2.05) is 25.3 Å². The molecule has 0 bridgehead atoms. The molecule has 0 aliphatic carbocycles. The monoisotopic (exact) mass is 332 g/mol. The quantitative estimate of drug-likeness (QED) is 0.861. The minimum atomic E-state index is 0.516. The van der Waals surface area contributed by atoms with E-state index < -0.39 is 0 Å². The predicted molar refractivity (Wildman–Crippen MR) is 93.8 cm³/mol. The number of rotatable bonds is 4. The smallest absolute Gasteiger partial charge is 0.152 e. The molecule has 0 unspecified atom stereocenters. The SMILES string of the molecule is CCc1ncc(N2CCN(c3ccc(OC)cc3)CC2)nc1Cl. The first-order chi connectivity index (χ1) is 11.2. The van der Waals surface area contributed by atoms with Crippen LogP contribution < -0.4 is 14.5 Å². The van der Waals surface area contributed by atoms with Crippen LogP contribution in [0.3, 0.4) is 0 Å². The maximum atomic E-state index is 6.18. The summed E-state index contributed by atoms with van der Waals surface area (Å²) in [6.07, 6.45) is 2.63. The lowest BCUT2D eigenvalue weighted by Crippen LogP contribution is -2.46. The molecule has 122 valence electrons. The Morgan fingerprint density at radius 1 is 1.09 bits per heavy atom. The molecule has 5 nitrogen and oxygen atoms in total. The van der Waals surface area contributed by atoms with Gasteiger partial charge in [0.15, 0.2) is 5.15 Å². The Bertz CT molecular complexity index is 654. The molecule has 1 aliphatic heterocycles. The van der Waals surface area contributed by atoms with E-state index in [0.29, 0.717) is 5.15 Å². The van der Waals surface area contributed by atoms with E-state index in [1.54, 1.807) is 7.11 Å². The molecular formula is C17H21ClN4O. The van der Waals surface area contributed by atoms with Crippen molar-refractivity contribution in [2.75, 3.05) is 43.1 Å². The number of ether oxygens (including phenoxy) is 1. The molecule has 6 heteroatoms. The minimum Gasteiger partial charge on any atom is -0.497 e. The van der Waals surface area contributed by atoms with Crippen LogP contribution in [0.15, 0.2) is 30.5 Å². The molecule has 1 aromatic carbocycles. The lowest BCUT2D eigenvalue weighted by atomic mass is 10.2. The fourth-order valence-corrected chi connectivity index (χ4v) is 3.03. The largest absolute Gasteiger partial charge is 0.497 e. The van der Waals surface area contributed by atoms with E-state index in [0.717, 1.165) is 49.9 Å². The maximum Gasteiger partial charge on any atom is 0.152 e. The zero-order valence-corrected chi connectivity index (χ0v) is 14.3. The van der Waals surface area contributed by atoms with Crippen molar-refractivity contribution in [2.24, 2.45) is 0 Å². The summed E-state index contributed by atoms with van der Waals surface area (Å²) in [5, 5.41) is 0.516. The van der Waals surface area contributed by atoms with Crippen LogP contribution in [0.2, 0.25) is 5.15 Å². The molecule has 0 radical (unpaired) electrons. The minimum absolute atomic E-state index is 0.516. The molecule has 1 fully saturated rings. The van der Waals surface area contributed by atoms with Crippen molar-refractivity contribution in [2.45, 2.75) is 13.3 Å². The average Bonchev–Trinajstić information content (AvgIpc) is 2.62. The number of benzene rings is 1. The zero-order valence-electron chi connectivity index (χ0n) is 13.5. The van der Waals surface area contributed by atoms with Crippen molar-refractivity contribution in [3.05, 3.63) is 41.3 Å². The van der Waals surface area contributed by atoms with Gasteiger partial charge in [0.25, 0.3) is 0 Å². The van der Waals surface area contributed by atoms with E-state index >= 15 is 0 Å². The summed E-state index contributed by atoms with van der Waals surface area (Å²) < 4.78 is 5.21. The molecule has 0 saturated carbocycles. The van der Waals surface area contributed by atoms with Gasteiger partial charge in [0, 0.05) is 31.9 Å². The van der Waals surface area contributed by atoms with Gasteiger partial charge in [0.2, 0.25) is 0 Å². The summed E-state index contributed by atoms with van der Waals surface area (Å²) >= 11 is 6.18. The van der Waals surface area contributed by atoms with Gasteiger partial charge in [-0.15, -0.1) is 0 Å². The number of aromatic nitrogens is 2. The Morgan fingerprint density at radius 3 is 2.30 bits per heavy atom. The Balaban J connectivity index is 1.64. The number of methoxy groups -OCH3 is 1. The standard InChI is InChI=1S/C17H21ClN4O/c1-3-15-17(18)20-16(12-19-15)22-10-8-21(9-11-22)13-4-6-14(23-2)7-5-13/h4-7,12H,3,8-11H2,1-2H3. The van der Waals surface area contributed by atoms with E-state index in [1.165, 1.54) is 5.69 Å². The normalized spacial score (nSPS) is 14.9. The summed E-state index contributed by atoms with van der Waals surface area (Å²) in [6, 6.07) is 8.19. The van der Waals surface area contributed by atoms with Gasteiger partial charge >= 0.3 is 0 Å². The molecule has 0 N–H and O–H groups in total. The Morgan fingerprint density at radius 2 is 1.74 bits per heavy atom. The van der Waals surface area contributed by atoms with Crippen LogP contribution in [-0.2, 0) is 6.42 Å². The van der Waals surface area contributed by atoms with Gasteiger partial charge in [0.05, 0.1) is 19.0 Å².